The number of amides is 1. The fourth-order valence-electron chi connectivity index (χ4n) is 1.75. The Morgan fingerprint density at radius 2 is 2.05 bits per heavy atom. The Bertz CT molecular complexity index is 641. The van der Waals surface area contributed by atoms with Gasteiger partial charge in [0.2, 0.25) is 0 Å². The van der Waals surface area contributed by atoms with Crippen LogP contribution >= 0.6 is 0 Å². The zero-order valence-corrected chi connectivity index (χ0v) is 10.7. The van der Waals surface area contributed by atoms with E-state index in [4.69, 9.17) is 5.73 Å². The summed E-state index contributed by atoms with van der Waals surface area (Å²) in [5, 5.41) is 2.65. The standard InChI is InChI=1S/C14H14FN3O/c1-8-5-9(2)13(6-12(8)16)18-14(19)10-3-4-17-7-11(10)15/h3-7H,16H2,1-2H3,(H,18,19). The van der Waals surface area contributed by atoms with Gasteiger partial charge in [0.15, 0.2) is 5.82 Å². The number of carbonyl (C=O) groups excluding carboxylic acids is 1. The van der Waals surface area contributed by atoms with Crippen molar-refractivity contribution in [3.63, 3.8) is 0 Å². The number of carbonyl (C=O) groups is 1. The van der Waals surface area contributed by atoms with Crippen molar-refractivity contribution in [3.05, 3.63) is 53.1 Å². The molecule has 1 aromatic heterocycles. The SMILES string of the molecule is Cc1cc(C)c(NC(=O)c2ccncc2F)cc1N. The molecule has 5 heteroatoms. The predicted octanol–water partition coefficient (Wildman–Crippen LogP) is 2.67. The molecule has 98 valence electrons. The van der Waals surface area contributed by atoms with Crippen molar-refractivity contribution in [2.45, 2.75) is 13.8 Å². The molecule has 1 aromatic carbocycles. The molecule has 0 aliphatic carbocycles. The number of hydrogen-bond donors (Lipinski definition) is 2. The van der Waals surface area contributed by atoms with E-state index < -0.39 is 11.7 Å². The molecule has 0 atom stereocenters. The summed E-state index contributed by atoms with van der Waals surface area (Å²) in [5.74, 6) is -1.18. The second kappa shape index (κ2) is 5.06. The number of aryl methyl sites for hydroxylation is 2. The van der Waals surface area contributed by atoms with Gasteiger partial charge >= 0.3 is 0 Å². The Hall–Kier alpha value is -2.43. The first-order valence-corrected chi connectivity index (χ1v) is 5.76. The van der Waals surface area contributed by atoms with Gasteiger partial charge in [0.25, 0.3) is 5.91 Å². The fraction of sp³-hybridized carbons (Fsp3) is 0.143. The van der Waals surface area contributed by atoms with Crippen LogP contribution in [0, 0.1) is 19.7 Å². The van der Waals surface area contributed by atoms with E-state index in [0.717, 1.165) is 17.3 Å². The number of nitrogens with zero attached hydrogens (tertiary/aromatic N) is 1. The van der Waals surface area contributed by atoms with Gasteiger partial charge in [-0.15, -0.1) is 0 Å². The highest BCUT2D eigenvalue weighted by Gasteiger charge is 2.13. The molecule has 0 saturated heterocycles. The van der Waals surface area contributed by atoms with E-state index in [9.17, 15) is 9.18 Å². The second-order valence-corrected chi connectivity index (χ2v) is 4.33. The lowest BCUT2D eigenvalue weighted by atomic mass is 10.1. The first kappa shape index (κ1) is 13.0. The lowest BCUT2D eigenvalue weighted by Crippen LogP contribution is -2.15. The molecule has 0 radical (unpaired) electrons. The van der Waals surface area contributed by atoms with Gasteiger partial charge in [0.05, 0.1) is 11.8 Å². The number of aromatic nitrogens is 1. The number of benzene rings is 1. The average Bonchev–Trinajstić information content (AvgIpc) is 2.36. The van der Waals surface area contributed by atoms with Gasteiger partial charge in [0, 0.05) is 17.6 Å². The number of nitrogen functional groups attached to an aromatic ring is 1. The van der Waals surface area contributed by atoms with Crippen LogP contribution in [-0.4, -0.2) is 10.9 Å². The third-order valence-corrected chi connectivity index (χ3v) is 2.88. The zero-order chi connectivity index (χ0) is 14.0. The maximum absolute atomic E-state index is 13.4. The number of hydrogen-bond acceptors (Lipinski definition) is 3. The minimum absolute atomic E-state index is 0.0476. The molecule has 0 aliphatic heterocycles. The predicted molar refractivity (Wildman–Crippen MR) is 72.5 cm³/mol. The highest BCUT2D eigenvalue weighted by atomic mass is 19.1. The summed E-state index contributed by atoms with van der Waals surface area (Å²) < 4.78 is 13.4. The molecule has 19 heavy (non-hydrogen) atoms. The highest BCUT2D eigenvalue weighted by molar-refractivity contribution is 6.05. The smallest absolute Gasteiger partial charge is 0.258 e. The first-order chi connectivity index (χ1) is 8.99. The van der Waals surface area contributed by atoms with Crippen LogP contribution in [0.3, 0.4) is 0 Å². The van der Waals surface area contributed by atoms with Crippen LogP contribution in [0.15, 0.2) is 30.6 Å². The van der Waals surface area contributed by atoms with Crippen molar-refractivity contribution in [1.29, 1.82) is 0 Å². The number of nitrogens with one attached hydrogen (secondary N) is 1. The van der Waals surface area contributed by atoms with E-state index in [-0.39, 0.29) is 5.56 Å². The second-order valence-electron chi connectivity index (χ2n) is 4.33. The molecule has 0 bridgehead atoms. The van der Waals surface area contributed by atoms with E-state index in [1.54, 1.807) is 6.07 Å². The highest BCUT2D eigenvalue weighted by Crippen LogP contribution is 2.23. The quantitative estimate of drug-likeness (QED) is 0.815. The molecule has 1 amide bonds. The fourth-order valence-corrected chi connectivity index (χ4v) is 1.75. The van der Waals surface area contributed by atoms with Gasteiger partial charge in [-0.05, 0) is 37.1 Å². The van der Waals surface area contributed by atoms with Crippen LogP contribution in [0.1, 0.15) is 21.5 Å². The molecule has 1 heterocycles. The topological polar surface area (TPSA) is 68.0 Å². The lowest BCUT2D eigenvalue weighted by molar-refractivity contribution is 0.102. The maximum atomic E-state index is 13.4. The molecular weight excluding hydrogens is 245 g/mol. The van der Waals surface area contributed by atoms with Crippen molar-refractivity contribution >= 4 is 17.3 Å². The summed E-state index contributed by atoms with van der Waals surface area (Å²) in [4.78, 5) is 15.6. The van der Waals surface area contributed by atoms with Crippen LogP contribution in [-0.2, 0) is 0 Å². The molecule has 2 aromatic rings. The van der Waals surface area contributed by atoms with Crippen molar-refractivity contribution < 1.29 is 9.18 Å². The van der Waals surface area contributed by atoms with E-state index in [1.807, 2.05) is 19.9 Å². The number of nitrogens with two attached hydrogens (primary N) is 1. The van der Waals surface area contributed by atoms with E-state index in [2.05, 4.69) is 10.3 Å². The van der Waals surface area contributed by atoms with Crippen molar-refractivity contribution in [3.8, 4) is 0 Å². The number of rotatable bonds is 2. The van der Waals surface area contributed by atoms with Gasteiger partial charge in [0.1, 0.15) is 0 Å². The molecular formula is C14H14FN3O. The van der Waals surface area contributed by atoms with E-state index in [1.165, 1.54) is 12.3 Å². The summed E-state index contributed by atoms with van der Waals surface area (Å²) in [7, 11) is 0. The molecule has 0 unspecified atom stereocenters. The normalized spacial score (nSPS) is 10.3. The third kappa shape index (κ3) is 2.70. The van der Waals surface area contributed by atoms with Gasteiger partial charge in [-0.25, -0.2) is 4.39 Å². The van der Waals surface area contributed by atoms with Crippen molar-refractivity contribution in [2.75, 3.05) is 11.1 Å². The molecule has 0 spiro atoms. The summed E-state index contributed by atoms with van der Waals surface area (Å²) in [5.41, 5.74) is 8.71. The van der Waals surface area contributed by atoms with Gasteiger partial charge in [-0.3, -0.25) is 9.78 Å². The molecule has 0 aliphatic rings. The molecule has 3 N–H and O–H groups in total. The van der Waals surface area contributed by atoms with Crippen LogP contribution in [0.5, 0.6) is 0 Å². The lowest BCUT2D eigenvalue weighted by Gasteiger charge is -2.11. The minimum Gasteiger partial charge on any atom is -0.398 e. The Morgan fingerprint density at radius 1 is 1.32 bits per heavy atom. The molecule has 0 saturated carbocycles. The van der Waals surface area contributed by atoms with Crippen LogP contribution in [0.4, 0.5) is 15.8 Å². The largest absolute Gasteiger partial charge is 0.398 e. The van der Waals surface area contributed by atoms with Gasteiger partial charge < -0.3 is 11.1 Å². The average molecular weight is 259 g/mol. The van der Waals surface area contributed by atoms with Crippen LogP contribution in [0.25, 0.3) is 0 Å². The van der Waals surface area contributed by atoms with Crippen LogP contribution < -0.4 is 11.1 Å². The number of pyridine rings is 1. The summed E-state index contributed by atoms with van der Waals surface area (Å²) in [6.07, 6.45) is 2.37. The van der Waals surface area contributed by atoms with E-state index in [0.29, 0.717) is 11.4 Å². The minimum atomic E-state index is -0.655. The zero-order valence-electron chi connectivity index (χ0n) is 10.7. The number of anilines is 2. The summed E-state index contributed by atoms with van der Waals surface area (Å²) in [6, 6.07) is 4.87. The maximum Gasteiger partial charge on any atom is 0.258 e. The number of halogens is 1. The third-order valence-electron chi connectivity index (χ3n) is 2.88. The molecule has 2 rings (SSSR count). The van der Waals surface area contributed by atoms with Gasteiger partial charge in [-0.1, -0.05) is 6.07 Å². The van der Waals surface area contributed by atoms with Crippen molar-refractivity contribution in [1.82, 2.24) is 4.98 Å². The Morgan fingerprint density at radius 3 is 2.74 bits per heavy atom. The monoisotopic (exact) mass is 259 g/mol. The molecule has 4 nitrogen and oxygen atoms in total. The summed E-state index contributed by atoms with van der Waals surface area (Å²) in [6.45, 7) is 3.74. The van der Waals surface area contributed by atoms with Crippen molar-refractivity contribution in [2.24, 2.45) is 0 Å². The Kier molecular flexibility index (Phi) is 3.46. The van der Waals surface area contributed by atoms with Gasteiger partial charge in [-0.2, -0.15) is 0 Å². The first-order valence-electron chi connectivity index (χ1n) is 5.76. The Labute approximate surface area is 110 Å². The summed E-state index contributed by atoms with van der Waals surface area (Å²) >= 11 is 0. The van der Waals surface area contributed by atoms with E-state index >= 15 is 0 Å². The molecule has 0 fully saturated rings. The Balaban J connectivity index is 2.30. The van der Waals surface area contributed by atoms with Crippen LogP contribution in [0.2, 0.25) is 0 Å².